The molecule has 0 amide bonds. The van der Waals surface area contributed by atoms with Gasteiger partial charge < -0.3 is 10.3 Å². The van der Waals surface area contributed by atoms with Crippen LogP contribution in [0.5, 0.6) is 0 Å². The Morgan fingerprint density at radius 3 is 2.72 bits per heavy atom. The van der Waals surface area contributed by atoms with Gasteiger partial charge in [0.25, 0.3) is 0 Å². The predicted molar refractivity (Wildman–Crippen MR) is 76.3 cm³/mol. The second kappa shape index (κ2) is 5.10. The number of nitrogens with two attached hydrogens (primary N) is 1. The Labute approximate surface area is 108 Å². The van der Waals surface area contributed by atoms with Crippen molar-refractivity contribution in [3.63, 3.8) is 0 Å². The Bertz CT molecular complexity index is 528. The number of fused-ring (bicyclic) bond motifs is 1. The van der Waals surface area contributed by atoms with Gasteiger partial charge in [0.2, 0.25) is 0 Å². The first-order valence-corrected chi connectivity index (χ1v) is 6.28. The van der Waals surface area contributed by atoms with Gasteiger partial charge in [0.1, 0.15) is 0 Å². The third kappa shape index (κ3) is 2.41. The molecule has 0 bridgehead atoms. The van der Waals surface area contributed by atoms with Gasteiger partial charge in [-0.2, -0.15) is 0 Å². The minimum Gasteiger partial charge on any atom is -0.358 e. The van der Waals surface area contributed by atoms with Crippen molar-refractivity contribution in [2.45, 2.75) is 26.2 Å². The third-order valence-corrected chi connectivity index (χ3v) is 3.36. The van der Waals surface area contributed by atoms with Crippen LogP contribution in [0.2, 0.25) is 0 Å². The van der Waals surface area contributed by atoms with Crippen LogP contribution in [-0.2, 0) is 5.41 Å². The lowest BCUT2D eigenvalue weighted by Gasteiger charge is -2.26. The van der Waals surface area contributed by atoms with Crippen molar-refractivity contribution in [1.82, 2.24) is 15.7 Å². The molecule has 1 aromatic heterocycles. The lowest BCUT2D eigenvalue weighted by molar-refractivity contribution is 0.455. The number of aromatic amines is 1. The first kappa shape index (κ1) is 13.1. The molecular weight excluding hydrogens is 224 g/mol. The molecule has 0 spiro atoms. The summed E-state index contributed by atoms with van der Waals surface area (Å²) in [5, 5.41) is 4.61. The van der Waals surface area contributed by atoms with E-state index < -0.39 is 0 Å². The topological polar surface area (TPSA) is 65.9 Å². The van der Waals surface area contributed by atoms with Gasteiger partial charge in [-0.05, 0) is 18.6 Å². The lowest BCUT2D eigenvalue weighted by Crippen LogP contribution is -2.40. The number of rotatable bonds is 5. The van der Waals surface area contributed by atoms with E-state index >= 15 is 0 Å². The fourth-order valence-corrected chi connectivity index (χ4v) is 2.68. The van der Waals surface area contributed by atoms with Crippen LogP contribution in [-0.4, -0.2) is 18.2 Å². The molecule has 0 atom stereocenters. The highest BCUT2D eigenvalue weighted by atomic mass is 15.3. The maximum absolute atomic E-state index is 5.28. The monoisotopic (exact) mass is 246 g/mol. The highest BCUT2D eigenvalue weighted by Gasteiger charge is 2.25. The van der Waals surface area contributed by atoms with Gasteiger partial charge in [0, 0.05) is 28.6 Å². The number of para-hydroxylation sites is 1. The van der Waals surface area contributed by atoms with Crippen molar-refractivity contribution in [1.29, 1.82) is 0 Å². The lowest BCUT2D eigenvalue weighted by atomic mass is 9.82. The SMILES string of the molecule is Cc1[nH]c2ccccc2c1C(C)(C)CNCNN. The molecule has 0 unspecified atom stereocenters. The molecule has 0 saturated heterocycles. The van der Waals surface area contributed by atoms with E-state index in [1.165, 1.54) is 22.2 Å². The summed E-state index contributed by atoms with van der Waals surface area (Å²) in [5.41, 5.74) is 6.50. The van der Waals surface area contributed by atoms with Crippen LogP contribution >= 0.6 is 0 Å². The predicted octanol–water partition coefficient (Wildman–Crippen LogP) is 1.76. The normalized spacial score (nSPS) is 12.2. The van der Waals surface area contributed by atoms with Crippen LogP contribution in [0.4, 0.5) is 0 Å². The molecule has 4 heteroatoms. The smallest absolute Gasteiger partial charge is 0.0587 e. The van der Waals surface area contributed by atoms with Crippen molar-refractivity contribution in [2.75, 3.05) is 13.2 Å². The average Bonchev–Trinajstić information content (AvgIpc) is 2.65. The van der Waals surface area contributed by atoms with Gasteiger partial charge >= 0.3 is 0 Å². The molecule has 2 rings (SSSR count). The molecule has 1 heterocycles. The van der Waals surface area contributed by atoms with Crippen molar-refractivity contribution < 1.29 is 0 Å². The second-order valence-electron chi connectivity index (χ2n) is 5.36. The van der Waals surface area contributed by atoms with E-state index in [0.717, 1.165) is 6.54 Å². The van der Waals surface area contributed by atoms with Crippen molar-refractivity contribution in [2.24, 2.45) is 5.84 Å². The fraction of sp³-hybridized carbons (Fsp3) is 0.429. The molecule has 0 aliphatic rings. The fourth-order valence-electron chi connectivity index (χ4n) is 2.68. The summed E-state index contributed by atoms with van der Waals surface area (Å²) < 4.78 is 0. The molecule has 98 valence electrons. The van der Waals surface area contributed by atoms with Crippen LogP contribution in [0.1, 0.15) is 25.1 Å². The molecule has 18 heavy (non-hydrogen) atoms. The molecule has 2 aromatic rings. The van der Waals surface area contributed by atoms with E-state index in [-0.39, 0.29) is 5.41 Å². The van der Waals surface area contributed by atoms with Crippen LogP contribution in [0.15, 0.2) is 24.3 Å². The summed E-state index contributed by atoms with van der Waals surface area (Å²) in [4.78, 5) is 3.46. The highest BCUT2D eigenvalue weighted by Crippen LogP contribution is 2.32. The third-order valence-electron chi connectivity index (χ3n) is 3.36. The molecule has 5 N–H and O–H groups in total. The van der Waals surface area contributed by atoms with Gasteiger partial charge in [-0.3, -0.25) is 5.84 Å². The van der Waals surface area contributed by atoms with Gasteiger partial charge in [-0.25, -0.2) is 5.43 Å². The number of nitrogens with one attached hydrogen (secondary N) is 3. The first-order valence-electron chi connectivity index (χ1n) is 6.28. The van der Waals surface area contributed by atoms with Gasteiger partial charge in [-0.15, -0.1) is 0 Å². The quantitative estimate of drug-likeness (QED) is 0.281. The maximum Gasteiger partial charge on any atom is 0.0587 e. The molecule has 0 fully saturated rings. The zero-order chi connectivity index (χ0) is 13.2. The zero-order valence-corrected chi connectivity index (χ0v) is 11.3. The van der Waals surface area contributed by atoms with Crippen molar-refractivity contribution >= 4 is 10.9 Å². The number of hydrazine groups is 1. The Hall–Kier alpha value is -1.36. The first-order chi connectivity index (χ1) is 8.56. The summed E-state index contributed by atoms with van der Waals surface area (Å²) in [5.74, 6) is 5.28. The number of benzene rings is 1. The Balaban J connectivity index is 2.36. The average molecular weight is 246 g/mol. The largest absolute Gasteiger partial charge is 0.358 e. The minimum atomic E-state index is 0.0561. The maximum atomic E-state index is 5.28. The van der Waals surface area contributed by atoms with Crippen molar-refractivity contribution in [3.8, 4) is 0 Å². The second-order valence-corrected chi connectivity index (χ2v) is 5.36. The summed E-state index contributed by atoms with van der Waals surface area (Å²) in [6.45, 7) is 8.13. The summed E-state index contributed by atoms with van der Waals surface area (Å²) in [6, 6.07) is 8.45. The van der Waals surface area contributed by atoms with Crippen LogP contribution in [0.25, 0.3) is 10.9 Å². The Kier molecular flexibility index (Phi) is 3.71. The van der Waals surface area contributed by atoms with E-state index in [9.17, 15) is 0 Å². The molecule has 4 nitrogen and oxygen atoms in total. The van der Waals surface area contributed by atoms with E-state index in [2.05, 4.69) is 60.8 Å². The summed E-state index contributed by atoms with van der Waals surface area (Å²) in [7, 11) is 0. The molecule has 0 saturated carbocycles. The van der Waals surface area contributed by atoms with E-state index in [4.69, 9.17) is 5.84 Å². The van der Waals surface area contributed by atoms with Crippen molar-refractivity contribution in [3.05, 3.63) is 35.5 Å². The highest BCUT2D eigenvalue weighted by molar-refractivity contribution is 5.85. The standard InChI is InChI=1S/C14H22N4/c1-10-13(14(2,3)8-16-9-17-15)11-6-4-5-7-12(11)18-10/h4-7,16-18H,8-9,15H2,1-3H3. The van der Waals surface area contributed by atoms with Crippen LogP contribution < -0.4 is 16.6 Å². The number of hydrogen-bond acceptors (Lipinski definition) is 3. The minimum absolute atomic E-state index is 0.0561. The summed E-state index contributed by atoms with van der Waals surface area (Å²) in [6.07, 6.45) is 0. The summed E-state index contributed by atoms with van der Waals surface area (Å²) >= 11 is 0. The van der Waals surface area contributed by atoms with Gasteiger partial charge in [0.15, 0.2) is 0 Å². The Morgan fingerprint density at radius 2 is 2.00 bits per heavy atom. The molecule has 0 radical (unpaired) electrons. The molecule has 0 aliphatic carbocycles. The van der Waals surface area contributed by atoms with E-state index in [1.54, 1.807) is 0 Å². The number of H-pyrrole nitrogens is 1. The Morgan fingerprint density at radius 1 is 1.28 bits per heavy atom. The molecule has 1 aromatic carbocycles. The zero-order valence-electron chi connectivity index (χ0n) is 11.3. The van der Waals surface area contributed by atoms with Gasteiger partial charge in [-0.1, -0.05) is 32.0 Å². The van der Waals surface area contributed by atoms with E-state index in [1.807, 2.05) is 0 Å². The number of aromatic nitrogens is 1. The van der Waals surface area contributed by atoms with Crippen LogP contribution in [0, 0.1) is 6.92 Å². The van der Waals surface area contributed by atoms with Gasteiger partial charge in [0.05, 0.1) is 6.67 Å². The van der Waals surface area contributed by atoms with Crippen LogP contribution in [0.3, 0.4) is 0 Å². The number of hydrogen-bond donors (Lipinski definition) is 4. The number of aryl methyl sites for hydroxylation is 1. The molecule has 0 aliphatic heterocycles. The van der Waals surface area contributed by atoms with E-state index in [0.29, 0.717) is 6.67 Å². The molecular formula is C14H22N4.